The lowest BCUT2D eigenvalue weighted by Crippen LogP contribution is -2.32. The molecule has 0 saturated carbocycles. The Kier molecular flexibility index (Phi) is 6.59. The van der Waals surface area contributed by atoms with Crippen LogP contribution in [0.3, 0.4) is 0 Å². The van der Waals surface area contributed by atoms with Crippen LogP contribution in [0.2, 0.25) is 0 Å². The molecule has 0 saturated heterocycles. The minimum absolute atomic E-state index is 0.110. The van der Waals surface area contributed by atoms with Crippen LogP contribution >= 0.6 is 0 Å². The van der Waals surface area contributed by atoms with Gasteiger partial charge in [0.15, 0.2) is 0 Å². The summed E-state index contributed by atoms with van der Waals surface area (Å²) in [5.41, 5.74) is 0. The molecular weight excluding hydrogens is 166 g/mol. The number of carbonyl (C=O) groups is 1. The highest BCUT2D eigenvalue weighted by molar-refractivity contribution is 5.78. The van der Waals surface area contributed by atoms with E-state index in [2.05, 4.69) is 5.32 Å². The van der Waals surface area contributed by atoms with Gasteiger partial charge in [-0.3, -0.25) is 4.79 Å². The Morgan fingerprint density at radius 3 is 2.46 bits per heavy atom. The summed E-state index contributed by atoms with van der Waals surface area (Å²) in [5, 5.41) is 2.82. The van der Waals surface area contributed by atoms with Gasteiger partial charge in [-0.15, -0.1) is 0 Å². The summed E-state index contributed by atoms with van der Waals surface area (Å²) in [6.45, 7) is 9.11. The summed E-state index contributed by atoms with van der Waals surface area (Å²) in [6, 6.07) is 0. The summed E-state index contributed by atoms with van der Waals surface area (Å²) in [6.07, 6.45) is 1.12. The molecule has 3 nitrogen and oxygen atoms in total. The molecular formula is C10H21NO2. The van der Waals surface area contributed by atoms with Crippen molar-refractivity contribution >= 4 is 5.91 Å². The Morgan fingerprint density at radius 1 is 1.38 bits per heavy atom. The summed E-state index contributed by atoms with van der Waals surface area (Å²) in [4.78, 5) is 11.3. The number of carbonyl (C=O) groups excluding carboxylic acids is 1. The first-order valence-corrected chi connectivity index (χ1v) is 4.97. The van der Waals surface area contributed by atoms with E-state index in [1.165, 1.54) is 0 Å². The van der Waals surface area contributed by atoms with Crippen LogP contribution in [0.15, 0.2) is 0 Å². The lowest BCUT2D eigenvalue weighted by molar-refractivity contribution is -0.124. The Balaban J connectivity index is 3.37. The first-order chi connectivity index (χ1) is 6.07. The van der Waals surface area contributed by atoms with E-state index in [0.717, 1.165) is 6.42 Å². The lowest BCUT2D eigenvalue weighted by Gasteiger charge is -2.11. The van der Waals surface area contributed by atoms with Crippen molar-refractivity contribution < 1.29 is 9.53 Å². The number of hydrogen-bond acceptors (Lipinski definition) is 2. The monoisotopic (exact) mass is 187 g/mol. The van der Waals surface area contributed by atoms with Crippen molar-refractivity contribution in [1.29, 1.82) is 0 Å². The van der Waals surface area contributed by atoms with Gasteiger partial charge in [-0.2, -0.15) is 0 Å². The largest absolute Gasteiger partial charge is 0.377 e. The van der Waals surface area contributed by atoms with Crippen molar-refractivity contribution in [3.8, 4) is 0 Å². The predicted molar refractivity (Wildman–Crippen MR) is 53.6 cm³/mol. The fraction of sp³-hybridized carbons (Fsp3) is 0.900. The van der Waals surface area contributed by atoms with Gasteiger partial charge in [0.25, 0.3) is 0 Å². The van der Waals surface area contributed by atoms with Crippen molar-refractivity contribution in [2.24, 2.45) is 5.92 Å². The topological polar surface area (TPSA) is 38.3 Å². The quantitative estimate of drug-likeness (QED) is 0.641. The Labute approximate surface area is 80.8 Å². The van der Waals surface area contributed by atoms with Crippen LogP contribution in [0, 0.1) is 5.92 Å². The van der Waals surface area contributed by atoms with Crippen LogP contribution < -0.4 is 5.32 Å². The van der Waals surface area contributed by atoms with E-state index in [1.807, 2.05) is 27.7 Å². The predicted octanol–water partition coefficient (Wildman–Crippen LogP) is 1.57. The Morgan fingerprint density at radius 2 is 2.00 bits per heavy atom. The van der Waals surface area contributed by atoms with E-state index in [4.69, 9.17) is 4.74 Å². The second kappa shape index (κ2) is 6.89. The van der Waals surface area contributed by atoms with Crippen molar-refractivity contribution in [2.45, 2.75) is 40.2 Å². The molecule has 1 atom stereocenters. The van der Waals surface area contributed by atoms with Crippen molar-refractivity contribution in [1.82, 2.24) is 5.32 Å². The van der Waals surface area contributed by atoms with Crippen LogP contribution in [0.25, 0.3) is 0 Å². The maximum Gasteiger partial charge on any atom is 0.222 e. The van der Waals surface area contributed by atoms with E-state index < -0.39 is 0 Å². The van der Waals surface area contributed by atoms with Crippen molar-refractivity contribution in [3.05, 3.63) is 0 Å². The van der Waals surface area contributed by atoms with E-state index in [0.29, 0.717) is 13.2 Å². The normalized spacial score (nSPS) is 13.0. The van der Waals surface area contributed by atoms with Gasteiger partial charge in [0.05, 0.1) is 12.7 Å². The standard InChI is InChI=1S/C10H21NO2/c1-5-9(4)10(12)11-6-7-13-8(2)3/h8-9H,5-7H2,1-4H3,(H,11,12). The summed E-state index contributed by atoms with van der Waals surface area (Å²) < 4.78 is 5.29. The first-order valence-electron chi connectivity index (χ1n) is 4.97. The first kappa shape index (κ1) is 12.4. The number of amides is 1. The number of rotatable bonds is 6. The molecule has 0 heterocycles. The molecule has 0 aromatic rings. The number of hydrogen-bond donors (Lipinski definition) is 1. The molecule has 0 aromatic carbocycles. The van der Waals surface area contributed by atoms with Crippen LogP contribution in [-0.2, 0) is 9.53 Å². The Bertz CT molecular complexity index is 146. The summed E-state index contributed by atoms with van der Waals surface area (Å²) in [7, 11) is 0. The zero-order valence-corrected chi connectivity index (χ0v) is 9.09. The lowest BCUT2D eigenvalue weighted by atomic mass is 10.1. The highest BCUT2D eigenvalue weighted by Gasteiger charge is 2.08. The average Bonchev–Trinajstić information content (AvgIpc) is 2.10. The van der Waals surface area contributed by atoms with Crippen LogP contribution in [0.1, 0.15) is 34.1 Å². The molecule has 0 aliphatic carbocycles. The molecule has 0 fully saturated rings. The molecule has 0 aliphatic rings. The summed E-state index contributed by atoms with van der Waals surface area (Å²) in [5.74, 6) is 0.230. The maximum atomic E-state index is 11.3. The Hall–Kier alpha value is -0.570. The van der Waals surface area contributed by atoms with Gasteiger partial charge in [0.2, 0.25) is 5.91 Å². The molecule has 1 N–H and O–H groups in total. The molecule has 0 aromatic heterocycles. The third-order valence-electron chi connectivity index (χ3n) is 1.91. The molecule has 0 spiro atoms. The van der Waals surface area contributed by atoms with Crippen LogP contribution in [0.4, 0.5) is 0 Å². The molecule has 3 heteroatoms. The van der Waals surface area contributed by atoms with Gasteiger partial charge in [0.1, 0.15) is 0 Å². The van der Waals surface area contributed by atoms with Crippen LogP contribution in [-0.4, -0.2) is 25.2 Å². The summed E-state index contributed by atoms with van der Waals surface area (Å²) >= 11 is 0. The third kappa shape index (κ3) is 6.58. The van der Waals surface area contributed by atoms with E-state index in [9.17, 15) is 4.79 Å². The molecule has 1 amide bonds. The minimum Gasteiger partial charge on any atom is -0.377 e. The maximum absolute atomic E-state index is 11.3. The van der Waals surface area contributed by atoms with Gasteiger partial charge in [0, 0.05) is 12.5 Å². The van der Waals surface area contributed by atoms with E-state index in [-0.39, 0.29) is 17.9 Å². The van der Waals surface area contributed by atoms with Crippen LogP contribution in [0.5, 0.6) is 0 Å². The molecule has 0 rings (SSSR count). The minimum atomic E-state index is 0.110. The van der Waals surface area contributed by atoms with Crippen molar-refractivity contribution in [2.75, 3.05) is 13.2 Å². The van der Waals surface area contributed by atoms with Gasteiger partial charge in [-0.05, 0) is 20.3 Å². The molecule has 0 radical (unpaired) electrons. The smallest absolute Gasteiger partial charge is 0.222 e. The number of ether oxygens (including phenoxy) is 1. The second-order valence-corrected chi connectivity index (χ2v) is 3.52. The van der Waals surface area contributed by atoms with Gasteiger partial charge < -0.3 is 10.1 Å². The SMILES string of the molecule is CCC(C)C(=O)NCCOC(C)C. The highest BCUT2D eigenvalue weighted by atomic mass is 16.5. The third-order valence-corrected chi connectivity index (χ3v) is 1.91. The van der Waals surface area contributed by atoms with Gasteiger partial charge in [-0.25, -0.2) is 0 Å². The zero-order chi connectivity index (χ0) is 10.3. The molecule has 0 aliphatic heterocycles. The van der Waals surface area contributed by atoms with Gasteiger partial charge >= 0.3 is 0 Å². The van der Waals surface area contributed by atoms with Gasteiger partial charge in [-0.1, -0.05) is 13.8 Å². The van der Waals surface area contributed by atoms with Crippen molar-refractivity contribution in [3.63, 3.8) is 0 Å². The zero-order valence-electron chi connectivity index (χ0n) is 9.09. The highest BCUT2D eigenvalue weighted by Crippen LogP contribution is 1.98. The van der Waals surface area contributed by atoms with E-state index >= 15 is 0 Å². The molecule has 13 heavy (non-hydrogen) atoms. The average molecular weight is 187 g/mol. The molecule has 0 bridgehead atoms. The molecule has 1 unspecified atom stereocenters. The fourth-order valence-electron chi connectivity index (χ4n) is 0.828. The van der Waals surface area contributed by atoms with E-state index in [1.54, 1.807) is 0 Å². The number of nitrogens with one attached hydrogen (secondary N) is 1. The second-order valence-electron chi connectivity index (χ2n) is 3.52. The fourth-order valence-corrected chi connectivity index (χ4v) is 0.828. The molecule has 78 valence electrons.